The van der Waals surface area contributed by atoms with Crippen LogP contribution in [-0.2, 0) is 0 Å². The third-order valence-corrected chi connectivity index (χ3v) is 21.6. The highest BCUT2D eigenvalue weighted by Gasteiger charge is 2.25. The minimum absolute atomic E-state index is 0.840. The van der Waals surface area contributed by atoms with Crippen molar-refractivity contribution in [2.24, 2.45) is 0 Å². The lowest BCUT2D eigenvalue weighted by Gasteiger charge is -2.26. The van der Waals surface area contributed by atoms with E-state index < -0.39 is 0 Å². The fourth-order valence-electron chi connectivity index (χ4n) is 14.7. The highest BCUT2D eigenvalue weighted by molar-refractivity contribution is 7.28. The summed E-state index contributed by atoms with van der Waals surface area (Å²) < 4.78 is 25.7. The Labute approximate surface area is 540 Å². The van der Waals surface area contributed by atoms with Gasteiger partial charge in [-0.3, -0.25) is 0 Å². The van der Waals surface area contributed by atoms with Gasteiger partial charge in [0.2, 0.25) is 0 Å². The van der Waals surface area contributed by atoms with E-state index >= 15 is 0 Å². The normalized spacial score (nSPS) is 12.1. The van der Waals surface area contributed by atoms with Crippen LogP contribution in [0, 0.1) is 0 Å². The molecule has 20 rings (SSSR count). The molecule has 0 atom stereocenters. The molecular formula is C86H50N2O3S2. The van der Waals surface area contributed by atoms with E-state index in [1.807, 2.05) is 34.8 Å². The van der Waals surface area contributed by atoms with Gasteiger partial charge in [0.05, 0.1) is 11.4 Å². The molecule has 0 amide bonds. The Hall–Kier alpha value is -11.7. The van der Waals surface area contributed by atoms with E-state index in [1.165, 1.54) is 73.0 Å². The molecule has 5 nitrogen and oxygen atoms in total. The van der Waals surface area contributed by atoms with Crippen molar-refractivity contribution in [1.82, 2.24) is 0 Å². The molecule has 0 unspecified atom stereocenters. The lowest BCUT2D eigenvalue weighted by atomic mass is 9.99. The van der Waals surface area contributed by atoms with Gasteiger partial charge in [-0.15, -0.1) is 22.7 Å². The molecule has 5 aromatic heterocycles. The highest BCUT2D eigenvalue weighted by Crippen LogP contribution is 2.51. The van der Waals surface area contributed by atoms with Crippen LogP contribution < -0.4 is 9.80 Å². The van der Waals surface area contributed by atoms with Crippen LogP contribution in [0.5, 0.6) is 0 Å². The molecule has 434 valence electrons. The van der Waals surface area contributed by atoms with Crippen molar-refractivity contribution < 1.29 is 13.3 Å². The minimum atomic E-state index is 0.840. The summed E-state index contributed by atoms with van der Waals surface area (Å²) in [4.78, 5) is 4.66. The fraction of sp³-hybridized carbons (Fsp3) is 0. The average Bonchev–Trinajstić information content (AvgIpc) is 1.59. The van der Waals surface area contributed by atoms with Gasteiger partial charge in [-0.25, -0.2) is 0 Å². The second-order valence-electron chi connectivity index (χ2n) is 24.2. The predicted molar refractivity (Wildman–Crippen MR) is 395 cm³/mol. The molecule has 15 aromatic carbocycles. The molecule has 0 aliphatic rings. The smallest absolute Gasteiger partial charge is 0.159 e. The van der Waals surface area contributed by atoms with Crippen LogP contribution in [0.25, 0.3) is 161 Å². The molecule has 0 saturated carbocycles. The highest BCUT2D eigenvalue weighted by atomic mass is 32.1. The molecule has 93 heavy (non-hydrogen) atoms. The summed E-state index contributed by atoms with van der Waals surface area (Å²) in [5, 5.41) is 16.7. The third kappa shape index (κ3) is 8.04. The lowest BCUT2D eigenvalue weighted by molar-refractivity contribution is 0.669. The molecule has 0 aliphatic heterocycles. The van der Waals surface area contributed by atoms with E-state index in [2.05, 4.69) is 301 Å². The Morgan fingerprint density at radius 2 is 0.645 bits per heavy atom. The van der Waals surface area contributed by atoms with E-state index in [4.69, 9.17) is 13.3 Å². The number of rotatable bonds is 9. The molecule has 0 bridgehead atoms. The number of furan rings is 3. The zero-order chi connectivity index (χ0) is 60.8. The van der Waals surface area contributed by atoms with E-state index in [0.29, 0.717) is 0 Å². The molecule has 0 radical (unpaired) electrons. The molecule has 0 saturated heterocycles. The summed E-state index contributed by atoms with van der Waals surface area (Å²) in [5.74, 6) is 0. The Morgan fingerprint density at radius 1 is 0.226 bits per heavy atom. The maximum atomic E-state index is 7.09. The fourth-order valence-corrected chi connectivity index (χ4v) is 17.5. The number of nitrogens with zero attached hydrogens (tertiary/aromatic N) is 2. The summed E-state index contributed by atoms with van der Waals surface area (Å²) in [6.07, 6.45) is 0. The number of thiophene rings is 2. The molecule has 0 N–H and O–H groups in total. The van der Waals surface area contributed by atoms with Gasteiger partial charge in [0.1, 0.15) is 22.3 Å². The quantitative estimate of drug-likeness (QED) is 0.144. The lowest BCUT2D eigenvalue weighted by Crippen LogP contribution is -2.10. The van der Waals surface area contributed by atoms with Crippen LogP contribution in [0.3, 0.4) is 0 Å². The summed E-state index contributed by atoms with van der Waals surface area (Å²) in [6, 6.07) is 109. The average molecular weight is 1220 g/mol. The predicted octanol–water partition coefficient (Wildman–Crippen LogP) is 26.4. The van der Waals surface area contributed by atoms with Gasteiger partial charge in [-0.05, 0) is 146 Å². The van der Waals surface area contributed by atoms with Crippen molar-refractivity contribution in [1.29, 1.82) is 0 Å². The van der Waals surface area contributed by atoms with Gasteiger partial charge < -0.3 is 23.1 Å². The van der Waals surface area contributed by atoms with Crippen molar-refractivity contribution in [2.75, 3.05) is 9.80 Å². The van der Waals surface area contributed by atoms with E-state index in [9.17, 15) is 0 Å². The zero-order valence-electron chi connectivity index (χ0n) is 49.8. The van der Waals surface area contributed by atoms with E-state index in [0.717, 1.165) is 122 Å². The van der Waals surface area contributed by atoms with Gasteiger partial charge in [0.25, 0.3) is 0 Å². The van der Waals surface area contributed by atoms with E-state index in [1.54, 1.807) is 0 Å². The van der Waals surface area contributed by atoms with Crippen LogP contribution in [0.15, 0.2) is 317 Å². The van der Waals surface area contributed by atoms with Crippen LogP contribution in [0.2, 0.25) is 0 Å². The molecule has 20 aromatic rings. The number of para-hydroxylation sites is 5. The van der Waals surface area contributed by atoms with Crippen molar-refractivity contribution in [3.63, 3.8) is 0 Å². The summed E-state index contributed by atoms with van der Waals surface area (Å²) in [7, 11) is 0. The van der Waals surface area contributed by atoms with Crippen molar-refractivity contribution in [3.8, 4) is 33.4 Å². The van der Waals surface area contributed by atoms with Crippen LogP contribution in [0.4, 0.5) is 34.1 Å². The Bertz CT molecular complexity index is 6420. The van der Waals surface area contributed by atoms with Crippen molar-refractivity contribution >= 4 is 185 Å². The Balaban J connectivity index is 0.684. The molecular weight excluding hydrogens is 1170 g/mol. The maximum absolute atomic E-state index is 7.09. The Morgan fingerprint density at radius 3 is 1.27 bits per heavy atom. The number of anilines is 6. The molecule has 0 spiro atoms. The Kier molecular flexibility index (Phi) is 11.4. The first kappa shape index (κ1) is 52.1. The summed E-state index contributed by atoms with van der Waals surface area (Å²) in [6.45, 7) is 0. The monoisotopic (exact) mass is 1220 g/mol. The topological polar surface area (TPSA) is 45.9 Å². The molecule has 0 aliphatic carbocycles. The largest absolute Gasteiger partial charge is 0.455 e. The van der Waals surface area contributed by atoms with Gasteiger partial charge >= 0.3 is 0 Å². The number of benzene rings is 15. The number of hydrogen-bond donors (Lipinski definition) is 0. The van der Waals surface area contributed by atoms with E-state index in [-0.39, 0.29) is 0 Å². The SMILES string of the molecule is c1ccc(-c2ccc(N(c3ccccc3)c3cccc4c3oc3ccc5c6ccc7cc(-c8ccc(N(c9ccc(-c%10cccc%11c%10oc%10ccccc%10%11)cc9)c9cccc%10c9oc9ccc%11c%12ccc%13ccccc%13c%12sc%11c9%10)cc8)ccc7c6sc5c34)cc2)cc1. The second-order valence-corrected chi connectivity index (χ2v) is 26.2. The molecule has 7 heteroatoms. The van der Waals surface area contributed by atoms with Crippen LogP contribution in [-0.4, -0.2) is 0 Å². The first-order valence-corrected chi connectivity index (χ1v) is 33.1. The summed E-state index contributed by atoms with van der Waals surface area (Å²) >= 11 is 3.73. The standard InChI is InChI=1S/C86H50N2O3S2/c1-3-14-51(15-4-1)52-28-37-59(38-29-52)87(58-17-5-2-6-18-58)73-25-12-23-71-79-77(90-81(71)73)49-47-70-68-45-36-57-50-56(35-43-64(57)84(68)93-86(70)79)53-30-39-60(40-31-53)88(61-41-32-55(33-42-61)62-21-11-22-66-65-20-9-10-27-75(65)89-80(62)66)74-26-13-24-72-78-76(91-82(72)74)48-46-69-67-44-34-54-16-7-8-19-63(54)83(67)92-85(69)78/h1-50H. The van der Waals surface area contributed by atoms with Crippen molar-refractivity contribution in [2.45, 2.75) is 0 Å². The van der Waals surface area contributed by atoms with Gasteiger partial charge in [-0.1, -0.05) is 206 Å². The summed E-state index contributed by atoms with van der Waals surface area (Å²) in [5.41, 5.74) is 18.1. The van der Waals surface area contributed by atoms with Crippen LogP contribution >= 0.6 is 22.7 Å². The minimum Gasteiger partial charge on any atom is -0.455 e. The van der Waals surface area contributed by atoms with Crippen molar-refractivity contribution in [3.05, 3.63) is 303 Å². The second kappa shape index (κ2) is 20.4. The molecule has 0 fully saturated rings. The van der Waals surface area contributed by atoms with Gasteiger partial charge in [-0.2, -0.15) is 0 Å². The van der Waals surface area contributed by atoms with Gasteiger partial charge in [0, 0.05) is 101 Å². The van der Waals surface area contributed by atoms with Crippen LogP contribution in [0.1, 0.15) is 0 Å². The molecule has 5 heterocycles. The first-order valence-electron chi connectivity index (χ1n) is 31.4. The zero-order valence-corrected chi connectivity index (χ0v) is 51.4. The third-order valence-electron chi connectivity index (χ3n) is 19.1. The van der Waals surface area contributed by atoms with Gasteiger partial charge in [0.15, 0.2) is 11.2 Å². The number of fused-ring (bicyclic) bond motifs is 21. The maximum Gasteiger partial charge on any atom is 0.159 e. The first-order chi connectivity index (χ1) is 46.1. The number of hydrogen-bond acceptors (Lipinski definition) is 7.